The minimum atomic E-state index is -0.568. The number of thioether (sulfide) groups is 1. The summed E-state index contributed by atoms with van der Waals surface area (Å²) in [6.45, 7) is 2.01. The predicted molar refractivity (Wildman–Crippen MR) is 116 cm³/mol. The van der Waals surface area contributed by atoms with Crippen molar-refractivity contribution in [1.82, 2.24) is 14.8 Å². The number of ether oxygens (including phenoxy) is 1. The molecule has 4 rings (SSSR count). The fourth-order valence-electron chi connectivity index (χ4n) is 2.83. The van der Waals surface area contributed by atoms with Gasteiger partial charge in [0.25, 0.3) is 5.91 Å². The molecule has 7 nitrogen and oxygen atoms in total. The summed E-state index contributed by atoms with van der Waals surface area (Å²) in [4.78, 5) is 29.2. The number of hydrogen-bond acceptors (Lipinski definition) is 6. The number of anilines is 1. The summed E-state index contributed by atoms with van der Waals surface area (Å²) in [7, 11) is 0. The second-order valence-corrected chi connectivity index (χ2v) is 8.64. The van der Waals surface area contributed by atoms with Gasteiger partial charge >= 0.3 is 0 Å². The highest BCUT2D eigenvalue weighted by Crippen LogP contribution is 2.32. The monoisotopic (exact) mass is 462 g/mol. The molecule has 1 atom stereocenters. The van der Waals surface area contributed by atoms with Crippen molar-refractivity contribution in [3.63, 3.8) is 0 Å². The number of aryl methyl sites for hydroxylation is 1. The Labute approximate surface area is 186 Å². The summed E-state index contributed by atoms with van der Waals surface area (Å²) in [5.41, 5.74) is 1.52. The van der Waals surface area contributed by atoms with Gasteiger partial charge in [0.1, 0.15) is 17.6 Å². The number of nitrogens with zero attached hydrogens (tertiary/aromatic N) is 3. The molecule has 0 aliphatic carbocycles. The van der Waals surface area contributed by atoms with Crippen molar-refractivity contribution in [3.8, 4) is 5.75 Å². The van der Waals surface area contributed by atoms with Gasteiger partial charge in [-0.3, -0.25) is 9.59 Å². The number of nitrogens with one attached hydrogen (secondary N) is 1. The molecule has 154 valence electrons. The van der Waals surface area contributed by atoms with Gasteiger partial charge in [0, 0.05) is 22.2 Å². The first-order valence-electron chi connectivity index (χ1n) is 9.00. The van der Waals surface area contributed by atoms with Crippen LogP contribution in [0.4, 0.5) is 5.69 Å². The Morgan fingerprint density at radius 3 is 2.70 bits per heavy atom. The quantitative estimate of drug-likeness (QED) is 0.575. The Morgan fingerprint density at radius 2 is 2.00 bits per heavy atom. The van der Waals surface area contributed by atoms with E-state index >= 15 is 0 Å². The van der Waals surface area contributed by atoms with E-state index in [4.69, 9.17) is 27.9 Å². The molecule has 1 unspecified atom stereocenters. The van der Waals surface area contributed by atoms with Crippen molar-refractivity contribution >= 4 is 52.5 Å². The first-order chi connectivity index (χ1) is 14.4. The van der Waals surface area contributed by atoms with Crippen molar-refractivity contribution in [1.29, 1.82) is 0 Å². The van der Waals surface area contributed by atoms with Crippen LogP contribution in [0, 0.1) is 6.92 Å². The first-order valence-corrected chi connectivity index (χ1v) is 10.6. The maximum atomic E-state index is 12.6. The largest absolute Gasteiger partial charge is 0.486 e. The van der Waals surface area contributed by atoms with E-state index in [0.29, 0.717) is 32.5 Å². The van der Waals surface area contributed by atoms with Crippen LogP contribution in [0.3, 0.4) is 0 Å². The molecule has 1 aliphatic heterocycles. The topological polar surface area (TPSA) is 86.1 Å². The maximum Gasteiger partial charge on any atom is 0.263 e. The molecule has 2 aromatic carbocycles. The number of rotatable bonds is 6. The third kappa shape index (κ3) is 4.61. The number of hydrogen-bond donors (Lipinski definition) is 1. The van der Waals surface area contributed by atoms with Gasteiger partial charge in [-0.05, 0) is 55.0 Å². The van der Waals surface area contributed by atoms with Gasteiger partial charge in [0.05, 0.1) is 0 Å². The summed E-state index contributed by atoms with van der Waals surface area (Å²) in [5.74, 6) is 0.489. The summed E-state index contributed by atoms with van der Waals surface area (Å²) in [6.07, 6.45) is 0.0209. The van der Waals surface area contributed by atoms with Gasteiger partial charge in [0.2, 0.25) is 5.91 Å². The van der Waals surface area contributed by atoms with Gasteiger partial charge in [0.15, 0.2) is 11.0 Å². The normalized spacial score (nSPS) is 15.2. The van der Waals surface area contributed by atoms with E-state index in [1.807, 2.05) is 13.0 Å². The molecule has 0 radical (unpaired) electrons. The second-order valence-electron chi connectivity index (χ2n) is 6.63. The molecule has 1 aromatic heterocycles. The average molecular weight is 463 g/mol. The highest BCUT2D eigenvalue weighted by atomic mass is 35.5. The molecule has 2 heterocycles. The third-order valence-electron chi connectivity index (χ3n) is 4.35. The Kier molecular flexibility index (Phi) is 5.99. The molecule has 0 saturated carbocycles. The van der Waals surface area contributed by atoms with E-state index in [0.717, 1.165) is 5.56 Å². The van der Waals surface area contributed by atoms with Crippen molar-refractivity contribution in [3.05, 3.63) is 63.9 Å². The summed E-state index contributed by atoms with van der Waals surface area (Å²) < 4.78 is 6.91. The van der Waals surface area contributed by atoms with Gasteiger partial charge in [-0.25, -0.2) is 4.98 Å². The average Bonchev–Trinajstić information content (AvgIpc) is 3.23. The zero-order valence-corrected chi connectivity index (χ0v) is 18.1. The van der Waals surface area contributed by atoms with Crippen LogP contribution < -0.4 is 10.1 Å². The van der Waals surface area contributed by atoms with Crippen molar-refractivity contribution < 1.29 is 14.3 Å². The van der Waals surface area contributed by atoms with Gasteiger partial charge < -0.3 is 10.1 Å². The first kappa shape index (κ1) is 20.7. The number of halogens is 2. The van der Waals surface area contributed by atoms with E-state index in [1.54, 1.807) is 36.4 Å². The lowest BCUT2D eigenvalue weighted by Crippen LogP contribution is -2.25. The van der Waals surface area contributed by atoms with E-state index < -0.39 is 5.25 Å². The molecule has 1 N–H and O–H groups in total. The maximum absolute atomic E-state index is 12.6. The lowest BCUT2D eigenvalue weighted by Gasteiger charge is -2.08. The summed E-state index contributed by atoms with van der Waals surface area (Å²) >= 11 is 13.1. The summed E-state index contributed by atoms with van der Waals surface area (Å²) in [5, 5.41) is 8.09. The minimum Gasteiger partial charge on any atom is -0.486 e. The fraction of sp³-hybridized carbons (Fsp3) is 0.200. The highest BCUT2D eigenvalue weighted by molar-refractivity contribution is 8.00. The number of carbonyl (C=O) groups excluding carboxylic acids is 2. The second kappa shape index (κ2) is 8.67. The van der Waals surface area contributed by atoms with Crippen LogP contribution >= 0.6 is 35.0 Å². The molecule has 3 aromatic rings. The Bertz CT molecular complexity index is 1120. The number of carbonyl (C=O) groups is 2. The third-order valence-corrected chi connectivity index (χ3v) is 6.15. The fourth-order valence-corrected chi connectivity index (χ4v) is 4.15. The van der Waals surface area contributed by atoms with Crippen LogP contribution in [0.1, 0.15) is 22.6 Å². The standard InChI is InChI=1S/C20H16Cl2N4O3S/c1-11-8-14(6-7-15(11)22)29-10-17-24-20-26(25-17)19(28)16(30-20)9-18(27)23-13-4-2-12(21)3-5-13/h2-8,16H,9-10H2,1H3,(H,23,27). The van der Waals surface area contributed by atoms with Gasteiger partial charge in [-0.15, -0.1) is 5.10 Å². The molecule has 1 aliphatic rings. The predicted octanol–water partition coefficient (Wildman–Crippen LogP) is 4.62. The van der Waals surface area contributed by atoms with Crippen LogP contribution in [0.15, 0.2) is 47.6 Å². The molecule has 0 bridgehead atoms. The molecule has 0 fully saturated rings. The van der Waals surface area contributed by atoms with Gasteiger partial charge in [-0.1, -0.05) is 35.0 Å². The van der Waals surface area contributed by atoms with Crippen LogP contribution in [0.2, 0.25) is 10.0 Å². The van der Waals surface area contributed by atoms with E-state index in [2.05, 4.69) is 15.4 Å². The van der Waals surface area contributed by atoms with Crippen LogP contribution in [-0.2, 0) is 11.4 Å². The molecule has 10 heteroatoms. The van der Waals surface area contributed by atoms with Crippen molar-refractivity contribution in [2.75, 3.05) is 5.32 Å². The van der Waals surface area contributed by atoms with E-state index in [9.17, 15) is 9.59 Å². The molecule has 0 saturated heterocycles. The minimum absolute atomic E-state index is 0.0209. The molecular formula is C20H16Cl2N4O3S. The molecular weight excluding hydrogens is 447 g/mol. The molecule has 0 spiro atoms. The van der Waals surface area contributed by atoms with Crippen LogP contribution in [-0.4, -0.2) is 31.8 Å². The van der Waals surface area contributed by atoms with E-state index in [1.165, 1.54) is 16.4 Å². The smallest absolute Gasteiger partial charge is 0.263 e. The Morgan fingerprint density at radius 1 is 1.23 bits per heavy atom. The number of aromatic nitrogens is 3. The van der Waals surface area contributed by atoms with Crippen molar-refractivity contribution in [2.45, 2.75) is 30.4 Å². The number of amides is 1. The molecule has 1 amide bonds. The van der Waals surface area contributed by atoms with Crippen LogP contribution in [0.25, 0.3) is 0 Å². The zero-order chi connectivity index (χ0) is 21.3. The number of benzene rings is 2. The lowest BCUT2D eigenvalue weighted by atomic mass is 10.2. The highest BCUT2D eigenvalue weighted by Gasteiger charge is 2.36. The van der Waals surface area contributed by atoms with Crippen LogP contribution in [0.5, 0.6) is 5.75 Å². The number of fused-ring (bicyclic) bond motifs is 1. The van der Waals surface area contributed by atoms with E-state index in [-0.39, 0.29) is 24.8 Å². The summed E-state index contributed by atoms with van der Waals surface area (Å²) in [6, 6.07) is 12.1. The SMILES string of the molecule is Cc1cc(OCc2nc3n(n2)C(=O)C(CC(=O)Nc2ccc(Cl)cc2)S3)ccc1Cl. The zero-order valence-electron chi connectivity index (χ0n) is 15.8. The Balaban J connectivity index is 1.33. The lowest BCUT2D eigenvalue weighted by molar-refractivity contribution is -0.116. The van der Waals surface area contributed by atoms with Crippen molar-refractivity contribution in [2.24, 2.45) is 0 Å². The molecule has 30 heavy (non-hydrogen) atoms. The Hall–Kier alpha value is -2.55. The van der Waals surface area contributed by atoms with Gasteiger partial charge in [-0.2, -0.15) is 4.68 Å².